The average molecular weight is 227 g/mol. The Morgan fingerprint density at radius 1 is 1.29 bits per heavy atom. The molecule has 3 nitrogen and oxygen atoms in total. The highest BCUT2D eigenvalue weighted by Gasteiger charge is 2.10. The van der Waals surface area contributed by atoms with Gasteiger partial charge in [-0.05, 0) is 44.7 Å². The van der Waals surface area contributed by atoms with Crippen molar-refractivity contribution in [1.82, 2.24) is 15.0 Å². The fraction of sp³-hybridized carbons (Fsp3) is 0.429. The van der Waals surface area contributed by atoms with E-state index in [0.29, 0.717) is 0 Å². The highest BCUT2D eigenvalue weighted by Crippen LogP contribution is 2.22. The smallest absolute Gasteiger partial charge is 0.178 e. The molecule has 0 aliphatic heterocycles. The topological polar surface area (TPSA) is 41.6 Å². The van der Waals surface area contributed by atoms with Crippen molar-refractivity contribution in [3.05, 3.63) is 34.8 Å². The van der Waals surface area contributed by atoms with Crippen LogP contribution in [0.25, 0.3) is 11.2 Å². The first-order valence-corrected chi connectivity index (χ1v) is 6.23. The molecule has 0 atom stereocenters. The zero-order valence-electron chi connectivity index (χ0n) is 10.4. The van der Waals surface area contributed by atoms with Gasteiger partial charge in [-0.1, -0.05) is 11.6 Å². The zero-order valence-corrected chi connectivity index (χ0v) is 10.4. The van der Waals surface area contributed by atoms with Crippen LogP contribution in [0.5, 0.6) is 0 Å². The first-order valence-electron chi connectivity index (χ1n) is 6.23. The summed E-state index contributed by atoms with van der Waals surface area (Å²) in [5.74, 6) is 1.05. The van der Waals surface area contributed by atoms with Crippen molar-refractivity contribution in [2.75, 3.05) is 0 Å². The van der Waals surface area contributed by atoms with Gasteiger partial charge in [0.05, 0.1) is 5.52 Å². The van der Waals surface area contributed by atoms with E-state index in [1.165, 1.54) is 30.4 Å². The number of allylic oxidation sites excluding steroid dienone is 2. The van der Waals surface area contributed by atoms with Crippen molar-refractivity contribution in [2.24, 2.45) is 0 Å². The first-order chi connectivity index (χ1) is 8.22. The van der Waals surface area contributed by atoms with Crippen LogP contribution in [0.15, 0.2) is 17.7 Å². The van der Waals surface area contributed by atoms with E-state index in [4.69, 9.17) is 0 Å². The lowest BCUT2D eigenvalue weighted by Crippen LogP contribution is -1.90. The maximum atomic E-state index is 4.59. The second-order valence-corrected chi connectivity index (χ2v) is 4.89. The number of rotatable bonds is 2. The van der Waals surface area contributed by atoms with Crippen molar-refractivity contribution in [3.63, 3.8) is 0 Å². The quantitative estimate of drug-likeness (QED) is 0.800. The Kier molecular flexibility index (Phi) is 2.46. The van der Waals surface area contributed by atoms with Gasteiger partial charge in [0.1, 0.15) is 5.82 Å². The lowest BCUT2D eigenvalue weighted by molar-refractivity contribution is 0.872. The SMILES string of the molecule is Cc1cc(C)c2[nH]c(CC3=CCCC3)nc2n1. The number of aryl methyl sites for hydroxylation is 2. The number of hydrogen-bond donors (Lipinski definition) is 1. The summed E-state index contributed by atoms with van der Waals surface area (Å²) in [6.07, 6.45) is 7.05. The van der Waals surface area contributed by atoms with Gasteiger partial charge < -0.3 is 4.98 Å². The van der Waals surface area contributed by atoms with Crippen LogP contribution in [-0.2, 0) is 6.42 Å². The van der Waals surface area contributed by atoms with E-state index in [0.717, 1.165) is 29.1 Å². The van der Waals surface area contributed by atoms with Crippen molar-refractivity contribution in [3.8, 4) is 0 Å². The predicted octanol–water partition coefficient (Wildman–Crippen LogP) is 3.23. The molecule has 0 bridgehead atoms. The number of aromatic nitrogens is 3. The van der Waals surface area contributed by atoms with Crippen molar-refractivity contribution >= 4 is 11.2 Å². The highest BCUT2D eigenvalue weighted by atomic mass is 15.0. The summed E-state index contributed by atoms with van der Waals surface area (Å²) >= 11 is 0. The third-order valence-electron chi connectivity index (χ3n) is 3.37. The molecule has 0 amide bonds. The molecule has 0 saturated heterocycles. The normalized spacial score (nSPS) is 15.5. The van der Waals surface area contributed by atoms with Gasteiger partial charge in [-0.15, -0.1) is 0 Å². The van der Waals surface area contributed by atoms with Gasteiger partial charge in [0.15, 0.2) is 5.65 Å². The minimum Gasteiger partial charge on any atom is -0.340 e. The number of hydrogen-bond acceptors (Lipinski definition) is 2. The predicted molar refractivity (Wildman–Crippen MR) is 69.0 cm³/mol. The second kappa shape index (κ2) is 3.99. The molecule has 1 aliphatic carbocycles. The Labute approximate surface area is 101 Å². The summed E-state index contributed by atoms with van der Waals surface area (Å²) < 4.78 is 0. The monoisotopic (exact) mass is 227 g/mol. The van der Waals surface area contributed by atoms with E-state index in [1.54, 1.807) is 0 Å². The highest BCUT2D eigenvalue weighted by molar-refractivity contribution is 5.74. The number of pyridine rings is 1. The van der Waals surface area contributed by atoms with E-state index >= 15 is 0 Å². The third-order valence-corrected chi connectivity index (χ3v) is 3.37. The van der Waals surface area contributed by atoms with Crippen LogP contribution in [0.2, 0.25) is 0 Å². The van der Waals surface area contributed by atoms with Gasteiger partial charge >= 0.3 is 0 Å². The Morgan fingerprint density at radius 2 is 2.18 bits per heavy atom. The Morgan fingerprint density at radius 3 is 2.94 bits per heavy atom. The van der Waals surface area contributed by atoms with Crippen molar-refractivity contribution in [2.45, 2.75) is 39.5 Å². The first kappa shape index (κ1) is 10.5. The summed E-state index contributed by atoms with van der Waals surface area (Å²) in [4.78, 5) is 12.5. The molecule has 0 spiro atoms. The number of aromatic amines is 1. The molecule has 0 saturated carbocycles. The Bertz CT molecular complexity index is 593. The van der Waals surface area contributed by atoms with Gasteiger partial charge in [0.2, 0.25) is 0 Å². The van der Waals surface area contributed by atoms with Crippen LogP contribution in [-0.4, -0.2) is 15.0 Å². The molecule has 0 unspecified atom stereocenters. The molecular formula is C14H17N3. The number of nitrogens with one attached hydrogen (secondary N) is 1. The summed E-state index contributed by atoms with van der Waals surface area (Å²) in [6, 6.07) is 2.10. The molecule has 0 radical (unpaired) electrons. The maximum absolute atomic E-state index is 4.59. The van der Waals surface area contributed by atoms with Crippen LogP contribution in [0.1, 0.15) is 36.3 Å². The average Bonchev–Trinajstić information content (AvgIpc) is 2.87. The molecular weight excluding hydrogens is 210 g/mol. The maximum Gasteiger partial charge on any atom is 0.178 e. The van der Waals surface area contributed by atoms with Crippen LogP contribution in [0, 0.1) is 13.8 Å². The lowest BCUT2D eigenvalue weighted by Gasteiger charge is -1.97. The number of nitrogens with zero attached hydrogens (tertiary/aromatic N) is 2. The van der Waals surface area contributed by atoms with Gasteiger partial charge in [-0.25, -0.2) is 9.97 Å². The molecule has 2 heterocycles. The Hall–Kier alpha value is -1.64. The van der Waals surface area contributed by atoms with Crippen molar-refractivity contribution in [1.29, 1.82) is 0 Å². The van der Waals surface area contributed by atoms with Crippen molar-refractivity contribution < 1.29 is 0 Å². The van der Waals surface area contributed by atoms with Crippen LogP contribution in [0.4, 0.5) is 0 Å². The fourth-order valence-electron chi connectivity index (χ4n) is 2.55. The summed E-state index contributed by atoms with van der Waals surface area (Å²) in [6.45, 7) is 4.12. The van der Waals surface area contributed by atoms with Gasteiger partial charge in [-0.2, -0.15) is 0 Å². The molecule has 17 heavy (non-hydrogen) atoms. The van der Waals surface area contributed by atoms with Crippen LogP contribution < -0.4 is 0 Å². The van der Waals surface area contributed by atoms with Crippen LogP contribution in [0.3, 0.4) is 0 Å². The van der Waals surface area contributed by atoms with E-state index in [2.05, 4.69) is 34.0 Å². The molecule has 0 aromatic carbocycles. The standard InChI is InChI=1S/C14H17N3/c1-9-7-10(2)15-14-13(9)16-12(17-14)8-11-5-3-4-6-11/h5,7H,3-4,6,8H2,1-2H3,(H,15,16,17). The molecule has 0 fully saturated rings. The summed E-state index contributed by atoms with van der Waals surface area (Å²) in [7, 11) is 0. The minimum absolute atomic E-state index is 0.857. The molecule has 2 aromatic heterocycles. The molecule has 2 aromatic rings. The number of H-pyrrole nitrogens is 1. The summed E-state index contributed by atoms with van der Waals surface area (Å²) in [5, 5.41) is 0. The molecule has 88 valence electrons. The number of fused-ring (bicyclic) bond motifs is 1. The molecule has 3 rings (SSSR count). The lowest BCUT2D eigenvalue weighted by atomic mass is 10.1. The molecule has 1 aliphatic rings. The summed E-state index contributed by atoms with van der Waals surface area (Å²) in [5.41, 5.74) is 5.72. The van der Waals surface area contributed by atoms with E-state index in [1.807, 2.05) is 6.92 Å². The van der Waals surface area contributed by atoms with E-state index in [-0.39, 0.29) is 0 Å². The molecule has 3 heteroatoms. The zero-order chi connectivity index (χ0) is 11.8. The van der Waals surface area contributed by atoms with Gasteiger partial charge in [-0.3, -0.25) is 0 Å². The second-order valence-electron chi connectivity index (χ2n) is 4.89. The largest absolute Gasteiger partial charge is 0.340 e. The van der Waals surface area contributed by atoms with E-state index < -0.39 is 0 Å². The minimum atomic E-state index is 0.857. The fourth-order valence-corrected chi connectivity index (χ4v) is 2.55. The molecule has 1 N–H and O–H groups in total. The van der Waals surface area contributed by atoms with Gasteiger partial charge in [0, 0.05) is 12.1 Å². The van der Waals surface area contributed by atoms with E-state index in [9.17, 15) is 0 Å². The third kappa shape index (κ3) is 1.97. The van der Waals surface area contributed by atoms with Gasteiger partial charge in [0.25, 0.3) is 0 Å². The van der Waals surface area contributed by atoms with Crippen LogP contribution >= 0.6 is 0 Å². The Balaban J connectivity index is 1.98. The number of imidazole rings is 1.